The number of ether oxygens (including phenoxy) is 1. The Morgan fingerprint density at radius 2 is 1.84 bits per heavy atom. The molecule has 0 unspecified atom stereocenters. The van der Waals surface area contributed by atoms with Crippen molar-refractivity contribution in [3.05, 3.63) is 54.1 Å². The summed E-state index contributed by atoms with van der Waals surface area (Å²) in [5, 5.41) is 0.585. The number of nitrogens with zero attached hydrogens (tertiary/aromatic N) is 3. The molecule has 2 aliphatic rings. The van der Waals surface area contributed by atoms with E-state index < -0.39 is 33.7 Å². The van der Waals surface area contributed by atoms with Gasteiger partial charge in [-0.2, -0.15) is 0 Å². The van der Waals surface area contributed by atoms with E-state index >= 15 is 0 Å². The van der Waals surface area contributed by atoms with E-state index in [0.717, 1.165) is 22.3 Å². The smallest absolute Gasteiger partial charge is 0.309 e. The molecule has 2 fully saturated rings. The first-order chi connectivity index (χ1) is 17.7. The fourth-order valence-corrected chi connectivity index (χ4v) is 7.37. The van der Waals surface area contributed by atoms with Gasteiger partial charge in [0.2, 0.25) is 0 Å². The lowest BCUT2D eigenvalue weighted by molar-refractivity contribution is -0.148. The van der Waals surface area contributed by atoms with Crippen LogP contribution in [0.5, 0.6) is 0 Å². The van der Waals surface area contributed by atoms with Gasteiger partial charge in [0.25, 0.3) is 0 Å². The fourth-order valence-electron chi connectivity index (χ4n) is 5.05. The van der Waals surface area contributed by atoms with E-state index in [4.69, 9.17) is 9.72 Å². The molecule has 0 amide bonds. The third-order valence-electron chi connectivity index (χ3n) is 7.08. The second-order valence-corrected chi connectivity index (χ2v) is 12.7. The molecule has 3 aromatic rings. The SMILES string of the molecule is COC(=O)[C@@H]1C[C@@H](F)CC[C@H]1c1nc(-c2ccc(F)cn2)sc1-c1ccc(N2CCS(=O)(=O)CC2)cc1. The molecule has 1 aromatic carbocycles. The Labute approximate surface area is 218 Å². The van der Waals surface area contributed by atoms with Crippen LogP contribution in [0.2, 0.25) is 0 Å². The molecule has 1 saturated heterocycles. The Bertz CT molecular complexity index is 1360. The first kappa shape index (κ1) is 25.7. The number of halogens is 2. The molecule has 5 rings (SSSR count). The average molecular weight is 548 g/mol. The third kappa shape index (κ3) is 5.52. The van der Waals surface area contributed by atoms with Crippen molar-refractivity contribution in [1.82, 2.24) is 9.97 Å². The molecule has 1 saturated carbocycles. The molecule has 0 spiro atoms. The number of hydrogen-bond acceptors (Lipinski definition) is 8. The van der Waals surface area contributed by atoms with E-state index in [1.54, 1.807) is 6.07 Å². The van der Waals surface area contributed by atoms with Crippen LogP contribution in [0.25, 0.3) is 21.1 Å². The van der Waals surface area contributed by atoms with Crippen molar-refractivity contribution in [1.29, 1.82) is 0 Å². The Balaban J connectivity index is 1.52. The van der Waals surface area contributed by atoms with Gasteiger partial charge in [-0.1, -0.05) is 12.1 Å². The zero-order chi connectivity index (χ0) is 26.2. The van der Waals surface area contributed by atoms with Crippen molar-refractivity contribution in [2.24, 2.45) is 5.92 Å². The average Bonchev–Trinajstić information content (AvgIpc) is 3.34. The number of benzene rings is 1. The fraction of sp³-hybridized carbons (Fsp3) is 0.423. The van der Waals surface area contributed by atoms with Crippen LogP contribution >= 0.6 is 11.3 Å². The predicted octanol–water partition coefficient (Wildman–Crippen LogP) is 4.64. The maximum atomic E-state index is 14.3. The number of rotatable bonds is 5. The highest BCUT2D eigenvalue weighted by Crippen LogP contribution is 2.46. The minimum atomic E-state index is -2.98. The summed E-state index contributed by atoms with van der Waals surface area (Å²) in [4.78, 5) is 24.5. The number of carbonyl (C=O) groups excluding carboxylic acids is 1. The highest BCUT2D eigenvalue weighted by Gasteiger charge is 2.40. The molecule has 0 bridgehead atoms. The van der Waals surface area contributed by atoms with E-state index in [2.05, 4.69) is 4.98 Å². The molecule has 2 aromatic heterocycles. The molecular formula is C26H27F2N3O4S2. The van der Waals surface area contributed by atoms with Gasteiger partial charge in [-0.3, -0.25) is 9.78 Å². The summed E-state index contributed by atoms with van der Waals surface area (Å²) in [5.74, 6) is -1.62. The van der Waals surface area contributed by atoms with Crippen molar-refractivity contribution in [3.8, 4) is 21.1 Å². The second-order valence-electron chi connectivity index (χ2n) is 9.43. The summed E-state index contributed by atoms with van der Waals surface area (Å²) in [6.45, 7) is 0.891. The van der Waals surface area contributed by atoms with E-state index in [0.29, 0.717) is 42.3 Å². The molecular weight excluding hydrogens is 520 g/mol. The Hall–Kier alpha value is -2.92. The zero-order valence-electron chi connectivity index (χ0n) is 20.3. The number of sulfone groups is 1. The van der Waals surface area contributed by atoms with Crippen molar-refractivity contribution in [3.63, 3.8) is 0 Å². The highest BCUT2D eigenvalue weighted by atomic mass is 32.2. The first-order valence-electron chi connectivity index (χ1n) is 12.1. The Kier molecular flexibility index (Phi) is 7.26. The number of anilines is 1. The van der Waals surface area contributed by atoms with Gasteiger partial charge in [0.1, 0.15) is 17.0 Å². The number of hydrogen-bond donors (Lipinski definition) is 0. The lowest BCUT2D eigenvalue weighted by Gasteiger charge is -2.31. The Morgan fingerprint density at radius 1 is 1.11 bits per heavy atom. The number of aromatic nitrogens is 2. The first-order valence-corrected chi connectivity index (χ1v) is 14.8. The molecule has 1 aliphatic heterocycles. The Morgan fingerprint density at radius 3 is 2.49 bits per heavy atom. The van der Waals surface area contributed by atoms with Crippen LogP contribution in [0.1, 0.15) is 30.9 Å². The number of carbonyl (C=O) groups is 1. The molecule has 7 nitrogen and oxygen atoms in total. The quantitative estimate of drug-likeness (QED) is 0.430. The van der Waals surface area contributed by atoms with Gasteiger partial charge in [-0.05, 0) is 49.1 Å². The van der Waals surface area contributed by atoms with Gasteiger partial charge in [0.15, 0.2) is 9.84 Å². The van der Waals surface area contributed by atoms with Crippen molar-refractivity contribution in [2.45, 2.75) is 31.4 Å². The molecule has 37 heavy (non-hydrogen) atoms. The van der Waals surface area contributed by atoms with E-state index in [9.17, 15) is 22.0 Å². The minimum Gasteiger partial charge on any atom is -0.469 e. The molecule has 0 radical (unpaired) electrons. The summed E-state index contributed by atoms with van der Waals surface area (Å²) >= 11 is 1.39. The molecule has 0 N–H and O–H groups in total. The van der Waals surface area contributed by atoms with Crippen LogP contribution in [-0.2, 0) is 19.4 Å². The van der Waals surface area contributed by atoms with Crippen LogP contribution in [-0.4, -0.2) is 62.2 Å². The van der Waals surface area contributed by atoms with Crippen LogP contribution in [0, 0.1) is 11.7 Å². The van der Waals surface area contributed by atoms with Gasteiger partial charge >= 0.3 is 5.97 Å². The van der Waals surface area contributed by atoms with E-state index in [1.165, 1.54) is 24.5 Å². The summed E-state index contributed by atoms with van der Waals surface area (Å²) < 4.78 is 56.4. The monoisotopic (exact) mass is 547 g/mol. The highest BCUT2D eigenvalue weighted by molar-refractivity contribution is 7.91. The summed E-state index contributed by atoms with van der Waals surface area (Å²) in [6.07, 6.45) is 0.919. The van der Waals surface area contributed by atoms with Gasteiger partial charge in [0, 0.05) is 24.7 Å². The molecule has 196 valence electrons. The summed E-state index contributed by atoms with van der Waals surface area (Å²) in [6, 6.07) is 10.7. The molecule has 3 atom stereocenters. The summed E-state index contributed by atoms with van der Waals surface area (Å²) in [7, 11) is -1.67. The van der Waals surface area contributed by atoms with E-state index in [-0.39, 0.29) is 23.8 Å². The number of pyridine rings is 1. The number of alkyl halides is 1. The topological polar surface area (TPSA) is 89.5 Å². The standard InChI is InChI=1S/C26H27F2N3O4S2/c1-35-26(32)21-14-17(27)4-8-20(21)23-24(36-25(30-23)22-9-5-18(28)15-29-22)16-2-6-19(7-3-16)31-10-12-37(33,34)13-11-31/h2-3,5-7,9,15,17,20-21H,4,8,10-14H2,1H3/t17-,20+,21+/m0/s1. The van der Waals surface area contributed by atoms with Gasteiger partial charge in [-0.25, -0.2) is 22.2 Å². The predicted molar refractivity (Wildman–Crippen MR) is 139 cm³/mol. The lowest BCUT2D eigenvalue weighted by Crippen LogP contribution is -2.40. The van der Waals surface area contributed by atoms with Crippen LogP contribution in [0.3, 0.4) is 0 Å². The van der Waals surface area contributed by atoms with E-state index in [1.807, 2.05) is 29.2 Å². The zero-order valence-corrected chi connectivity index (χ0v) is 21.9. The number of thiazole rings is 1. The van der Waals surface area contributed by atoms with Gasteiger partial charge in [-0.15, -0.1) is 11.3 Å². The van der Waals surface area contributed by atoms with Crippen LogP contribution < -0.4 is 4.90 Å². The minimum absolute atomic E-state index is 0.0786. The largest absolute Gasteiger partial charge is 0.469 e. The van der Waals surface area contributed by atoms with Crippen molar-refractivity contribution >= 4 is 32.8 Å². The van der Waals surface area contributed by atoms with Gasteiger partial charge in [0.05, 0.1) is 47.0 Å². The molecule has 3 heterocycles. The number of esters is 1. The molecule has 11 heteroatoms. The maximum absolute atomic E-state index is 14.3. The van der Waals surface area contributed by atoms with Crippen LogP contribution in [0.15, 0.2) is 42.6 Å². The summed E-state index contributed by atoms with van der Waals surface area (Å²) in [5.41, 5.74) is 3.00. The van der Waals surface area contributed by atoms with Gasteiger partial charge < -0.3 is 9.64 Å². The number of methoxy groups -OCH3 is 1. The molecule has 1 aliphatic carbocycles. The van der Waals surface area contributed by atoms with Crippen molar-refractivity contribution in [2.75, 3.05) is 36.6 Å². The normalized spacial score (nSPS) is 23.5. The third-order valence-corrected chi connectivity index (χ3v) is 9.83. The second kappa shape index (κ2) is 10.4. The lowest BCUT2D eigenvalue weighted by atomic mass is 9.76. The maximum Gasteiger partial charge on any atom is 0.309 e. The van der Waals surface area contributed by atoms with Crippen LogP contribution in [0.4, 0.5) is 14.5 Å². The van der Waals surface area contributed by atoms with Crippen molar-refractivity contribution < 1.29 is 26.7 Å².